The maximum Gasteiger partial charge on any atom is 0.221 e. The zero-order chi connectivity index (χ0) is 12.3. The zero-order valence-corrected chi connectivity index (χ0v) is 11.5. The number of hydrogen-bond acceptors (Lipinski definition) is 2. The van der Waals surface area contributed by atoms with Crippen LogP contribution < -0.4 is 10.6 Å². The first-order chi connectivity index (χ1) is 8.15. The molecule has 0 radical (unpaired) electrons. The van der Waals surface area contributed by atoms with Crippen molar-refractivity contribution in [2.24, 2.45) is 0 Å². The van der Waals surface area contributed by atoms with Crippen LogP contribution in [0.3, 0.4) is 0 Å². The number of rotatable bonds is 5. The average molecular weight is 297 g/mol. The van der Waals surface area contributed by atoms with E-state index >= 15 is 0 Å². The van der Waals surface area contributed by atoms with Crippen LogP contribution in [0.4, 0.5) is 5.69 Å². The first-order valence-electron chi connectivity index (χ1n) is 5.94. The maximum atomic E-state index is 11.4. The summed E-state index contributed by atoms with van der Waals surface area (Å²) in [5.41, 5.74) is 2.25. The van der Waals surface area contributed by atoms with E-state index in [4.69, 9.17) is 0 Å². The highest BCUT2D eigenvalue weighted by Gasteiger charge is 2.22. The van der Waals surface area contributed by atoms with Gasteiger partial charge < -0.3 is 10.6 Å². The Morgan fingerprint density at radius 1 is 1.47 bits per heavy atom. The molecular weight excluding hydrogens is 280 g/mol. The third-order valence-electron chi connectivity index (χ3n) is 2.78. The van der Waals surface area contributed by atoms with Gasteiger partial charge in [0, 0.05) is 29.2 Å². The maximum absolute atomic E-state index is 11.4. The minimum absolute atomic E-state index is 0.147. The molecule has 1 amide bonds. The number of carbonyl (C=O) groups is 1. The van der Waals surface area contributed by atoms with Crippen molar-refractivity contribution in [2.75, 3.05) is 11.9 Å². The molecule has 0 spiro atoms. The molecule has 3 nitrogen and oxygen atoms in total. The molecular formula is C13H17BrN2O. The molecule has 17 heavy (non-hydrogen) atoms. The van der Waals surface area contributed by atoms with Crippen LogP contribution in [0.25, 0.3) is 0 Å². The summed E-state index contributed by atoms with van der Waals surface area (Å²) in [5, 5.41) is 6.23. The van der Waals surface area contributed by atoms with Crippen LogP contribution in [0.1, 0.15) is 24.8 Å². The molecule has 0 atom stereocenters. The summed E-state index contributed by atoms with van der Waals surface area (Å²) in [6, 6.07) is 6.55. The van der Waals surface area contributed by atoms with Crippen LogP contribution in [0.5, 0.6) is 0 Å². The van der Waals surface area contributed by atoms with Crippen molar-refractivity contribution in [3.05, 3.63) is 28.2 Å². The van der Waals surface area contributed by atoms with Gasteiger partial charge in [0.15, 0.2) is 0 Å². The van der Waals surface area contributed by atoms with Gasteiger partial charge in [-0.2, -0.15) is 0 Å². The van der Waals surface area contributed by atoms with E-state index in [0.717, 1.165) is 23.0 Å². The summed E-state index contributed by atoms with van der Waals surface area (Å²) in [6.07, 6.45) is 2.82. The Morgan fingerprint density at radius 2 is 2.24 bits per heavy atom. The van der Waals surface area contributed by atoms with Gasteiger partial charge in [0.2, 0.25) is 5.91 Å². The highest BCUT2D eigenvalue weighted by Crippen LogP contribution is 2.20. The first kappa shape index (κ1) is 12.4. The van der Waals surface area contributed by atoms with E-state index in [1.807, 2.05) is 12.1 Å². The topological polar surface area (TPSA) is 41.1 Å². The molecule has 1 aromatic carbocycles. The van der Waals surface area contributed by atoms with Crippen molar-refractivity contribution in [1.82, 2.24) is 5.32 Å². The van der Waals surface area contributed by atoms with Crippen molar-refractivity contribution in [1.29, 1.82) is 0 Å². The van der Waals surface area contributed by atoms with Gasteiger partial charge in [-0.3, -0.25) is 4.79 Å². The Morgan fingerprint density at radius 3 is 2.88 bits per heavy atom. The Hall–Kier alpha value is -1.03. The van der Waals surface area contributed by atoms with Crippen molar-refractivity contribution in [3.8, 4) is 0 Å². The molecule has 1 aliphatic rings. The zero-order valence-electron chi connectivity index (χ0n) is 9.92. The lowest BCUT2D eigenvalue weighted by Gasteiger charge is -2.08. The Labute approximate surface area is 110 Å². The minimum Gasteiger partial charge on any atom is -0.385 e. The van der Waals surface area contributed by atoms with Gasteiger partial charge in [-0.1, -0.05) is 15.9 Å². The molecule has 0 bridgehead atoms. The van der Waals surface area contributed by atoms with Crippen LogP contribution >= 0.6 is 15.9 Å². The number of nitrogens with one attached hydrogen (secondary N) is 2. The molecule has 1 saturated carbocycles. The van der Waals surface area contributed by atoms with Crippen LogP contribution in [0.15, 0.2) is 22.7 Å². The van der Waals surface area contributed by atoms with Crippen LogP contribution in [-0.2, 0) is 4.79 Å². The fourth-order valence-corrected chi connectivity index (χ4v) is 1.85. The van der Waals surface area contributed by atoms with Crippen LogP contribution in [0.2, 0.25) is 0 Å². The van der Waals surface area contributed by atoms with E-state index in [-0.39, 0.29) is 5.91 Å². The van der Waals surface area contributed by atoms with E-state index in [1.54, 1.807) is 0 Å². The van der Waals surface area contributed by atoms with E-state index < -0.39 is 0 Å². The molecule has 0 unspecified atom stereocenters. The van der Waals surface area contributed by atoms with Crippen molar-refractivity contribution >= 4 is 27.5 Å². The van der Waals surface area contributed by atoms with E-state index in [9.17, 15) is 4.79 Å². The number of benzene rings is 1. The summed E-state index contributed by atoms with van der Waals surface area (Å²) in [6.45, 7) is 2.73. The van der Waals surface area contributed by atoms with Gasteiger partial charge in [-0.15, -0.1) is 0 Å². The Balaban J connectivity index is 1.73. The largest absolute Gasteiger partial charge is 0.385 e. The molecule has 0 heterocycles. The molecule has 2 rings (SSSR count). The van der Waals surface area contributed by atoms with Gasteiger partial charge in [0.05, 0.1) is 0 Å². The summed E-state index contributed by atoms with van der Waals surface area (Å²) in [4.78, 5) is 11.4. The minimum atomic E-state index is 0.147. The number of amides is 1. The van der Waals surface area contributed by atoms with Crippen molar-refractivity contribution in [2.45, 2.75) is 32.2 Å². The van der Waals surface area contributed by atoms with Gasteiger partial charge in [-0.25, -0.2) is 0 Å². The predicted molar refractivity (Wildman–Crippen MR) is 73.2 cm³/mol. The summed E-state index contributed by atoms with van der Waals surface area (Å²) < 4.78 is 1.11. The molecule has 1 aliphatic carbocycles. The number of anilines is 1. The standard InChI is InChI=1S/C13H17BrN2O/c1-9-8-11(4-5-12(9)14)15-7-6-13(17)16-10-2-3-10/h4-5,8,10,15H,2-3,6-7H2,1H3,(H,16,17). The Bertz CT molecular complexity index is 416. The van der Waals surface area contributed by atoms with Gasteiger partial charge >= 0.3 is 0 Å². The fourth-order valence-electron chi connectivity index (χ4n) is 1.60. The van der Waals surface area contributed by atoms with Crippen LogP contribution in [-0.4, -0.2) is 18.5 Å². The normalized spacial score (nSPS) is 14.5. The Kier molecular flexibility index (Phi) is 4.05. The van der Waals surface area contributed by atoms with Gasteiger partial charge in [0.1, 0.15) is 0 Å². The number of hydrogen-bond donors (Lipinski definition) is 2. The summed E-state index contributed by atoms with van der Waals surface area (Å²) >= 11 is 3.46. The quantitative estimate of drug-likeness (QED) is 0.877. The predicted octanol–water partition coefficient (Wildman–Crippen LogP) is 2.84. The highest BCUT2D eigenvalue weighted by molar-refractivity contribution is 9.10. The average Bonchev–Trinajstić information content (AvgIpc) is 3.07. The first-order valence-corrected chi connectivity index (χ1v) is 6.74. The number of carbonyl (C=O) groups excluding carboxylic acids is 1. The van der Waals surface area contributed by atoms with Crippen molar-refractivity contribution < 1.29 is 4.79 Å². The van der Waals surface area contributed by atoms with E-state index in [2.05, 4.69) is 39.6 Å². The molecule has 1 aromatic rings. The lowest BCUT2D eigenvalue weighted by Crippen LogP contribution is -2.27. The number of halogens is 1. The highest BCUT2D eigenvalue weighted by atomic mass is 79.9. The van der Waals surface area contributed by atoms with Crippen LogP contribution in [0, 0.1) is 6.92 Å². The molecule has 1 fully saturated rings. The van der Waals surface area contributed by atoms with Gasteiger partial charge in [0.25, 0.3) is 0 Å². The molecule has 0 aliphatic heterocycles. The van der Waals surface area contributed by atoms with Gasteiger partial charge in [-0.05, 0) is 43.5 Å². The smallest absolute Gasteiger partial charge is 0.221 e. The second-order valence-electron chi connectivity index (χ2n) is 4.48. The summed E-state index contributed by atoms with van der Waals surface area (Å²) in [5.74, 6) is 0.147. The second kappa shape index (κ2) is 5.54. The molecule has 0 saturated heterocycles. The van der Waals surface area contributed by atoms with Crippen molar-refractivity contribution in [3.63, 3.8) is 0 Å². The molecule has 2 N–H and O–H groups in total. The van der Waals surface area contributed by atoms with E-state index in [1.165, 1.54) is 5.56 Å². The molecule has 0 aromatic heterocycles. The fraction of sp³-hybridized carbons (Fsp3) is 0.462. The third-order valence-corrected chi connectivity index (χ3v) is 3.67. The van der Waals surface area contributed by atoms with E-state index in [0.29, 0.717) is 19.0 Å². The molecule has 4 heteroatoms. The number of aryl methyl sites for hydroxylation is 1. The summed E-state index contributed by atoms with van der Waals surface area (Å²) in [7, 11) is 0. The lowest BCUT2D eigenvalue weighted by atomic mass is 10.2. The molecule has 92 valence electrons. The lowest BCUT2D eigenvalue weighted by molar-refractivity contribution is -0.120. The third kappa shape index (κ3) is 4.04. The monoisotopic (exact) mass is 296 g/mol. The second-order valence-corrected chi connectivity index (χ2v) is 5.34. The SMILES string of the molecule is Cc1cc(NCCC(=O)NC2CC2)ccc1Br.